The summed E-state index contributed by atoms with van der Waals surface area (Å²) in [6, 6.07) is 11.6. The van der Waals surface area contributed by atoms with E-state index in [4.69, 9.17) is 17.3 Å². The fourth-order valence-electron chi connectivity index (χ4n) is 2.31. The van der Waals surface area contributed by atoms with E-state index in [2.05, 4.69) is 0 Å². The first-order valence-corrected chi connectivity index (χ1v) is 7.55. The van der Waals surface area contributed by atoms with Crippen molar-refractivity contribution in [3.63, 3.8) is 0 Å². The largest absolute Gasteiger partial charge is 0.330 e. The maximum atomic E-state index is 12.8. The molecule has 2 heterocycles. The highest BCUT2D eigenvalue weighted by atomic mass is 35.5. The average Bonchev–Trinajstić information content (AvgIpc) is 2.82. The van der Waals surface area contributed by atoms with Crippen molar-refractivity contribution < 1.29 is 0 Å². The Morgan fingerprint density at radius 1 is 1.25 bits per heavy atom. The number of aromatic nitrogens is 1. The number of nitrogens with zero attached hydrogens (tertiary/aromatic N) is 1. The quantitative estimate of drug-likeness (QED) is 0.807. The minimum absolute atomic E-state index is 0.0802. The Balaban J connectivity index is 2.38. The molecule has 3 nitrogen and oxygen atoms in total. The summed E-state index contributed by atoms with van der Waals surface area (Å²) < 4.78 is 2.61. The molecule has 0 bridgehead atoms. The van der Waals surface area contributed by atoms with Gasteiger partial charge in [0.15, 0.2) is 0 Å². The molecule has 0 aliphatic heterocycles. The van der Waals surface area contributed by atoms with Crippen molar-refractivity contribution in [2.45, 2.75) is 6.42 Å². The van der Waals surface area contributed by atoms with Crippen LogP contribution < -0.4 is 11.3 Å². The highest BCUT2D eigenvalue weighted by Gasteiger charge is 2.14. The summed E-state index contributed by atoms with van der Waals surface area (Å²) in [6.07, 6.45) is 0.648. The molecule has 0 aliphatic rings. The summed E-state index contributed by atoms with van der Waals surface area (Å²) in [5.74, 6) is 0. The van der Waals surface area contributed by atoms with Crippen LogP contribution >= 0.6 is 22.9 Å². The highest BCUT2D eigenvalue weighted by Crippen LogP contribution is 2.28. The van der Waals surface area contributed by atoms with Gasteiger partial charge in [-0.1, -0.05) is 29.8 Å². The second-order valence-corrected chi connectivity index (χ2v) is 5.79. The van der Waals surface area contributed by atoms with Crippen molar-refractivity contribution in [3.05, 3.63) is 62.8 Å². The van der Waals surface area contributed by atoms with E-state index in [9.17, 15) is 4.79 Å². The van der Waals surface area contributed by atoms with Crippen LogP contribution in [0.3, 0.4) is 0 Å². The molecule has 1 aromatic carbocycles. The van der Waals surface area contributed by atoms with Crippen LogP contribution in [0.4, 0.5) is 0 Å². The van der Waals surface area contributed by atoms with E-state index in [0.717, 1.165) is 16.1 Å². The highest BCUT2D eigenvalue weighted by molar-refractivity contribution is 7.17. The van der Waals surface area contributed by atoms with Gasteiger partial charge >= 0.3 is 0 Å². The number of hydrogen-bond acceptors (Lipinski definition) is 3. The van der Waals surface area contributed by atoms with E-state index in [1.54, 1.807) is 9.95 Å². The van der Waals surface area contributed by atoms with E-state index in [1.165, 1.54) is 11.3 Å². The van der Waals surface area contributed by atoms with E-state index >= 15 is 0 Å². The van der Waals surface area contributed by atoms with Crippen LogP contribution in [0.15, 0.2) is 46.6 Å². The van der Waals surface area contributed by atoms with Gasteiger partial charge in [0.25, 0.3) is 5.56 Å². The predicted molar refractivity (Wildman–Crippen MR) is 85.2 cm³/mol. The zero-order valence-corrected chi connectivity index (χ0v) is 12.2. The second-order valence-electron chi connectivity index (χ2n) is 4.47. The SMILES string of the molecule is NCCc1cc2scc(Cl)c2c(=O)n1-c1ccccc1. The first-order valence-electron chi connectivity index (χ1n) is 6.29. The van der Waals surface area contributed by atoms with Crippen LogP contribution in [0.1, 0.15) is 5.69 Å². The van der Waals surface area contributed by atoms with Gasteiger partial charge in [-0.15, -0.1) is 11.3 Å². The van der Waals surface area contributed by atoms with E-state index in [-0.39, 0.29) is 5.56 Å². The molecule has 0 aliphatic carbocycles. The first kappa shape index (κ1) is 13.4. The summed E-state index contributed by atoms with van der Waals surface area (Å²) in [6.45, 7) is 0.497. The number of rotatable bonds is 3. The zero-order chi connectivity index (χ0) is 14.1. The Morgan fingerprint density at radius 2 is 2.00 bits per heavy atom. The predicted octanol–water partition coefficient (Wildman–Crippen LogP) is 3.21. The number of thiophene rings is 1. The fraction of sp³-hybridized carbons (Fsp3) is 0.133. The molecule has 0 amide bonds. The topological polar surface area (TPSA) is 48.0 Å². The summed E-state index contributed by atoms with van der Waals surface area (Å²) in [5.41, 5.74) is 7.34. The lowest BCUT2D eigenvalue weighted by molar-refractivity contribution is 0.844. The number of hydrogen-bond donors (Lipinski definition) is 1. The Bertz CT molecular complexity index is 808. The van der Waals surface area contributed by atoms with Crippen LogP contribution in [0.5, 0.6) is 0 Å². The standard InChI is InChI=1S/C15H13ClN2OS/c16-12-9-20-13-8-11(6-7-17)18(15(19)14(12)13)10-4-2-1-3-5-10/h1-5,8-9H,6-7,17H2. The third-order valence-corrected chi connectivity index (χ3v) is 4.55. The lowest BCUT2D eigenvalue weighted by atomic mass is 10.2. The molecule has 0 fully saturated rings. The van der Waals surface area contributed by atoms with Crippen molar-refractivity contribution >= 4 is 33.0 Å². The minimum atomic E-state index is -0.0802. The van der Waals surface area contributed by atoms with Gasteiger partial charge in [0.05, 0.1) is 10.4 Å². The number of nitrogens with two attached hydrogens (primary N) is 1. The molecule has 5 heteroatoms. The molecule has 0 atom stereocenters. The van der Waals surface area contributed by atoms with Gasteiger partial charge in [-0.2, -0.15) is 0 Å². The Kier molecular flexibility index (Phi) is 3.61. The maximum Gasteiger partial charge on any atom is 0.265 e. The second kappa shape index (κ2) is 5.40. The van der Waals surface area contributed by atoms with Gasteiger partial charge in [0, 0.05) is 27.9 Å². The smallest absolute Gasteiger partial charge is 0.265 e. The lowest BCUT2D eigenvalue weighted by Gasteiger charge is -2.13. The Labute approximate surface area is 125 Å². The molecule has 0 saturated heterocycles. The first-order chi connectivity index (χ1) is 9.72. The van der Waals surface area contributed by atoms with E-state index < -0.39 is 0 Å². The normalized spacial score (nSPS) is 11.1. The van der Waals surface area contributed by atoms with Crippen molar-refractivity contribution in [3.8, 4) is 5.69 Å². The monoisotopic (exact) mass is 304 g/mol. The summed E-state index contributed by atoms with van der Waals surface area (Å²) in [7, 11) is 0. The van der Waals surface area contributed by atoms with Gasteiger partial charge in [-0.25, -0.2) is 0 Å². The molecule has 3 aromatic rings. The van der Waals surface area contributed by atoms with Gasteiger partial charge in [0.2, 0.25) is 0 Å². The minimum Gasteiger partial charge on any atom is -0.330 e. The number of benzene rings is 1. The molecule has 2 N–H and O–H groups in total. The number of pyridine rings is 1. The maximum absolute atomic E-state index is 12.8. The Hall–Kier alpha value is -1.62. The van der Waals surface area contributed by atoms with Crippen LogP contribution in [0, 0.1) is 0 Å². The molecule has 102 valence electrons. The van der Waals surface area contributed by atoms with E-state index in [1.807, 2.05) is 36.4 Å². The molecule has 20 heavy (non-hydrogen) atoms. The van der Waals surface area contributed by atoms with Crippen LogP contribution in [-0.2, 0) is 6.42 Å². The third-order valence-electron chi connectivity index (χ3n) is 3.19. The number of halogens is 1. The molecule has 0 saturated carbocycles. The van der Waals surface area contributed by atoms with Crippen molar-refractivity contribution in [2.75, 3.05) is 6.54 Å². The van der Waals surface area contributed by atoms with Crippen molar-refractivity contribution in [2.24, 2.45) is 5.73 Å². The molecular formula is C15H13ClN2OS. The summed E-state index contributed by atoms with van der Waals surface area (Å²) in [4.78, 5) is 12.8. The van der Waals surface area contributed by atoms with Crippen LogP contribution in [-0.4, -0.2) is 11.1 Å². The summed E-state index contributed by atoms with van der Waals surface area (Å²) in [5, 5.41) is 2.90. The molecule has 0 unspecified atom stereocenters. The summed E-state index contributed by atoms with van der Waals surface area (Å²) >= 11 is 7.63. The molecule has 3 rings (SSSR count). The molecular weight excluding hydrogens is 292 g/mol. The molecule has 0 spiro atoms. The molecule has 2 aromatic heterocycles. The average molecular weight is 305 g/mol. The van der Waals surface area contributed by atoms with Gasteiger partial charge in [-0.05, 0) is 24.7 Å². The van der Waals surface area contributed by atoms with Crippen molar-refractivity contribution in [1.82, 2.24) is 4.57 Å². The molecule has 0 radical (unpaired) electrons. The van der Waals surface area contributed by atoms with Gasteiger partial charge < -0.3 is 5.73 Å². The van der Waals surface area contributed by atoms with Gasteiger partial charge in [-0.3, -0.25) is 9.36 Å². The number of para-hydroxylation sites is 1. The number of fused-ring (bicyclic) bond motifs is 1. The zero-order valence-electron chi connectivity index (χ0n) is 10.7. The van der Waals surface area contributed by atoms with Crippen LogP contribution in [0.25, 0.3) is 15.8 Å². The van der Waals surface area contributed by atoms with E-state index in [0.29, 0.717) is 23.4 Å². The lowest BCUT2D eigenvalue weighted by Crippen LogP contribution is -2.23. The fourth-order valence-corrected chi connectivity index (χ4v) is 3.55. The van der Waals surface area contributed by atoms with Gasteiger partial charge in [0.1, 0.15) is 0 Å². The Morgan fingerprint density at radius 3 is 2.70 bits per heavy atom. The van der Waals surface area contributed by atoms with Crippen molar-refractivity contribution in [1.29, 1.82) is 0 Å². The third kappa shape index (κ3) is 2.16. The van der Waals surface area contributed by atoms with Crippen LogP contribution in [0.2, 0.25) is 5.02 Å².